The van der Waals surface area contributed by atoms with Crippen molar-refractivity contribution in [2.24, 2.45) is 0 Å². The Morgan fingerprint density at radius 2 is 1.77 bits per heavy atom. The fourth-order valence-corrected chi connectivity index (χ4v) is 5.02. The van der Waals surface area contributed by atoms with Crippen molar-refractivity contribution in [2.45, 2.75) is 44.1 Å². The molecule has 1 fully saturated rings. The van der Waals surface area contributed by atoms with Gasteiger partial charge in [-0.05, 0) is 49.6 Å². The Morgan fingerprint density at radius 3 is 2.47 bits per heavy atom. The van der Waals surface area contributed by atoms with Crippen LogP contribution in [0.15, 0.2) is 55.1 Å². The number of likely N-dealkylation sites (N-methyl/N-ethyl adjacent to an activating group) is 1. The number of aliphatic hydroxyl groups excluding tert-OH is 1. The van der Waals surface area contributed by atoms with Gasteiger partial charge in [0.25, 0.3) is 0 Å². The Balaban J connectivity index is 1.24. The fraction of sp³-hybridized carbons (Fsp3) is 0.333. The number of hydrogen-bond donors (Lipinski definition) is 2. The third kappa shape index (κ3) is 6.18. The molecule has 43 heavy (non-hydrogen) atoms. The zero-order chi connectivity index (χ0) is 30.1. The van der Waals surface area contributed by atoms with Gasteiger partial charge in [0.05, 0.1) is 18.5 Å². The van der Waals surface area contributed by atoms with Crippen LogP contribution in [0.2, 0.25) is 0 Å². The van der Waals surface area contributed by atoms with Crippen LogP contribution in [0.1, 0.15) is 47.7 Å². The number of methoxy groups -OCH3 is 1. The maximum atomic E-state index is 13.6. The number of alkyl halides is 3. The van der Waals surface area contributed by atoms with Gasteiger partial charge in [0.2, 0.25) is 11.8 Å². The molecule has 1 atom stereocenters. The molecular formula is C30H29F3N8O2. The third-order valence-corrected chi connectivity index (χ3v) is 7.54. The Bertz CT molecular complexity index is 1660. The van der Waals surface area contributed by atoms with Crippen LogP contribution in [-0.4, -0.2) is 66.8 Å². The smallest absolute Gasteiger partial charge is 0.433 e. The van der Waals surface area contributed by atoms with Gasteiger partial charge in [0.1, 0.15) is 30.1 Å². The van der Waals surface area contributed by atoms with Crippen molar-refractivity contribution in [3.8, 4) is 28.5 Å². The molecule has 1 aliphatic carbocycles. The molecule has 2 N–H and O–H groups in total. The van der Waals surface area contributed by atoms with Crippen molar-refractivity contribution in [3.05, 3.63) is 77.6 Å². The molecule has 3 aromatic heterocycles. The molecule has 222 valence electrons. The summed E-state index contributed by atoms with van der Waals surface area (Å²) in [5, 5.41) is 13.5. The summed E-state index contributed by atoms with van der Waals surface area (Å²) < 4.78 is 46.2. The number of hydrogen-bond acceptors (Lipinski definition) is 10. The Kier molecular flexibility index (Phi) is 7.75. The van der Waals surface area contributed by atoms with E-state index in [0.29, 0.717) is 59.8 Å². The molecule has 13 heteroatoms. The van der Waals surface area contributed by atoms with Gasteiger partial charge in [-0.3, -0.25) is 4.90 Å². The highest BCUT2D eigenvalue weighted by Gasteiger charge is 2.34. The third-order valence-electron chi connectivity index (χ3n) is 7.54. The zero-order valence-electron chi connectivity index (χ0n) is 23.5. The van der Waals surface area contributed by atoms with E-state index in [-0.39, 0.29) is 5.69 Å². The van der Waals surface area contributed by atoms with Crippen LogP contribution >= 0.6 is 0 Å². The van der Waals surface area contributed by atoms with Crippen LogP contribution in [0.4, 0.5) is 19.1 Å². The van der Waals surface area contributed by atoms with Crippen LogP contribution in [-0.2, 0) is 12.7 Å². The van der Waals surface area contributed by atoms with E-state index >= 15 is 0 Å². The number of aromatic nitrogens is 6. The normalized spacial score (nSPS) is 17.4. The molecule has 2 aliphatic rings. The van der Waals surface area contributed by atoms with Crippen molar-refractivity contribution < 1.29 is 23.0 Å². The summed E-state index contributed by atoms with van der Waals surface area (Å²) >= 11 is 0. The molecule has 6 rings (SSSR count). The second-order valence-corrected chi connectivity index (χ2v) is 10.5. The minimum absolute atomic E-state index is 0.213. The Labute approximate surface area is 245 Å². The Hall–Kier alpha value is -4.49. The largest absolute Gasteiger partial charge is 0.480 e. The molecule has 4 aromatic rings. The number of nitrogens with one attached hydrogen (secondary N) is 1. The maximum Gasteiger partial charge on any atom is 0.433 e. The summed E-state index contributed by atoms with van der Waals surface area (Å²) in [7, 11) is 3.32. The Morgan fingerprint density at radius 1 is 1.00 bits per heavy atom. The van der Waals surface area contributed by atoms with E-state index in [1.807, 2.05) is 12.1 Å². The van der Waals surface area contributed by atoms with E-state index in [1.54, 1.807) is 37.3 Å². The second-order valence-electron chi connectivity index (χ2n) is 10.5. The molecular weight excluding hydrogens is 561 g/mol. The number of nitrogens with zero attached hydrogens (tertiary/aromatic N) is 7. The predicted octanol–water partition coefficient (Wildman–Crippen LogP) is 4.94. The van der Waals surface area contributed by atoms with E-state index in [9.17, 15) is 18.3 Å². The number of ether oxygens (including phenoxy) is 1. The molecule has 0 bridgehead atoms. The topological polar surface area (TPSA) is 122 Å². The average molecular weight is 591 g/mol. The first-order valence-corrected chi connectivity index (χ1v) is 13.8. The number of pyridine rings is 1. The maximum absolute atomic E-state index is 13.6. The fourth-order valence-electron chi connectivity index (χ4n) is 5.02. The van der Waals surface area contributed by atoms with Crippen LogP contribution in [0.3, 0.4) is 0 Å². The molecule has 1 unspecified atom stereocenters. The molecule has 1 aromatic carbocycles. The van der Waals surface area contributed by atoms with E-state index in [0.717, 1.165) is 35.7 Å². The molecule has 1 saturated carbocycles. The predicted molar refractivity (Wildman–Crippen MR) is 153 cm³/mol. The number of benzene rings is 1. The monoisotopic (exact) mass is 590 g/mol. The van der Waals surface area contributed by atoms with Crippen LogP contribution in [0, 0.1) is 0 Å². The number of rotatable bonds is 8. The van der Waals surface area contributed by atoms with Gasteiger partial charge in [-0.25, -0.2) is 24.9 Å². The van der Waals surface area contributed by atoms with E-state index < -0.39 is 18.1 Å². The van der Waals surface area contributed by atoms with E-state index in [2.05, 4.69) is 35.2 Å². The summed E-state index contributed by atoms with van der Waals surface area (Å²) in [5.74, 6) is 1.48. The van der Waals surface area contributed by atoms with E-state index in [1.165, 1.54) is 18.7 Å². The molecule has 0 amide bonds. The minimum atomic E-state index is -4.59. The van der Waals surface area contributed by atoms with Gasteiger partial charge < -0.3 is 15.2 Å². The SMILES string of the molecule is COc1ncnc(C2CC2)c1-c1ncnc(NCc2ccc(-c3nc(C(F)(F)F)ccc3C3=CC(O)N(C)CC3)cc2)n1. The lowest BCUT2D eigenvalue weighted by Gasteiger charge is -2.28. The summed E-state index contributed by atoms with van der Waals surface area (Å²) in [4.78, 5) is 27.6. The van der Waals surface area contributed by atoms with Crippen molar-refractivity contribution in [1.82, 2.24) is 34.8 Å². The van der Waals surface area contributed by atoms with Gasteiger partial charge in [-0.1, -0.05) is 30.3 Å². The number of aliphatic hydroxyl groups is 1. The summed E-state index contributed by atoms with van der Waals surface area (Å²) in [6, 6.07) is 9.52. The van der Waals surface area contributed by atoms with Crippen molar-refractivity contribution in [3.63, 3.8) is 0 Å². The van der Waals surface area contributed by atoms with Crippen LogP contribution in [0.25, 0.3) is 28.2 Å². The molecule has 1 aliphatic heterocycles. The number of anilines is 1. The molecule has 0 spiro atoms. The minimum Gasteiger partial charge on any atom is -0.480 e. The molecule has 10 nitrogen and oxygen atoms in total. The number of halogens is 3. The second kappa shape index (κ2) is 11.7. The van der Waals surface area contributed by atoms with E-state index in [4.69, 9.17) is 4.74 Å². The quantitative estimate of drug-likeness (QED) is 0.292. The van der Waals surface area contributed by atoms with Gasteiger partial charge in [0, 0.05) is 30.1 Å². The average Bonchev–Trinajstić information content (AvgIpc) is 3.86. The van der Waals surface area contributed by atoms with Gasteiger partial charge in [0.15, 0.2) is 5.82 Å². The van der Waals surface area contributed by atoms with Crippen molar-refractivity contribution in [2.75, 3.05) is 26.0 Å². The lowest BCUT2D eigenvalue weighted by Crippen LogP contribution is -2.34. The van der Waals surface area contributed by atoms with Crippen molar-refractivity contribution >= 4 is 11.5 Å². The summed E-state index contributed by atoms with van der Waals surface area (Å²) in [5.41, 5.74) is 3.45. The van der Waals surface area contributed by atoms with Gasteiger partial charge in [-0.15, -0.1) is 0 Å². The summed E-state index contributed by atoms with van der Waals surface area (Å²) in [6.45, 7) is 0.928. The summed E-state index contributed by atoms with van der Waals surface area (Å²) in [6.07, 6.45) is 1.78. The van der Waals surface area contributed by atoms with Crippen LogP contribution < -0.4 is 10.1 Å². The molecule has 0 saturated heterocycles. The van der Waals surface area contributed by atoms with Crippen LogP contribution in [0.5, 0.6) is 5.88 Å². The first-order chi connectivity index (χ1) is 20.7. The van der Waals surface area contributed by atoms with Crippen molar-refractivity contribution in [1.29, 1.82) is 0 Å². The standard InChI is InChI=1S/C30H29F3N8O2/c1-41-12-11-20(13-23(41)42)21-9-10-22(30(31,32)33)39-25(21)18-5-3-17(4-6-18)14-34-29-38-16-36-27(40-29)24-26(19-7-8-19)35-15-37-28(24)43-2/h3-6,9-10,13,15-16,19,23,42H,7-8,11-12,14H2,1-2H3,(H,34,36,38,40). The first kappa shape index (κ1) is 28.6. The zero-order valence-corrected chi connectivity index (χ0v) is 23.5. The highest BCUT2D eigenvalue weighted by molar-refractivity contribution is 5.80. The lowest BCUT2D eigenvalue weighted by atomic mass is 9.94. The lowest BCUT2D eigenvalue weighted by molar-refractivity contribution is -0.141. The highest BCUT2D eigenvalue weighted by Crippen LogP contribution is 2.44. The molecule has 0 radical (unpaired) electrons. The van der Waals surface area contributed by atoms with Gasteiger partial charge in [-0.2, -0.15) is 18.2 Å². The molecule has 4 heterocycles. The highest BCUT2D eigenvalue weighted by atomic mass is 19.4. The first-order valence-electron chi connectivity index (χ1n) is 13.8. The van der Waals surface area contributed by atoms with Gasteiger partial charge >= 0.3 is 6.18 Å².